The largest absolute Gasteiger partial charge is 0.467 e. The summed E-state index contributed by atoms with van der Waals surface area (Å²) in [6.45, 7) is 1.04. The molecule has 3 aromatic heterocycles. The van der Waals surface area contributed by atoms with E-state index in [0.29, 0.717) is 152 Å². The number of ether oxygens (including phenoxy) is 6. The Bertz CT molecular complexity index is 6670. The van der Waals surface area contributed by atoms with Gasteiger partial charge in [-0.05, 0) is 115 Å². The maximum Gasteiger partial charge on any atom is 0.416 e. The van der Waals surface area contributed by atoms with Gasteiger partial charge in [-0.2, -0.15) is 42.1 Å². The molecule has 135 heavy (non-hydrogen) atoms. The van der Waals surface area contributed by atoms with Gasteiger partial charge in [0.1, 0.15) is 75.8 Å². The molecule has 3 N–H and O–H groups in total. The zero-order valence-corrected chi connectivity index (χ0v) is 73.6. The number of aromatic nitrogens is 3. The predicted molar refractivity (Wildman–Crippen MR) is 474 cm³/mol. The number of fused-ring (bicyclic) bond motifs is 3. The quantitative estimate of drug-likeness (QED) is 0.0342. The highest BCUT2D eigenvalue weighted by Crippen LogP contribution is 2.41. The molecule has 3 fully saturated rings. The number of anilines is 3. The molecule has 3 aliphatic rings. The Kier molecular flexibility index (Phi) is 31.2. The van der Waals surface area contributed by atoms with Crippen molar-refractivity contribution in [2.75, 3.05) is 95.2 Å². The molecular weight excluding hydrogens is 1850 g/mol. The highest BCUT2D eigenvalue weighted by Gasteiger charge is 2.47. The summed E-state index contributed by atoms with van der Waals surface area (Å²) in [5, 5.41) is 37.5. The Labute approximate surface area is 776 Å². The number of nitriles is 3. The summed E-state index contributed by atoms with van der Waals surface area (Å²) in [5.41, 5.74) is 5.05. The number of methoxy groups -OCH3 is 3. The Hall–Kier alpha value is -14.2. The van der Waals surface area contributed by atoms with Crippen LogP contribution in [0.5, 0.6) is 0 Å². The van der Waals surface area contributed by atoms with Gasteiger partial charge < -0.3 is 59.1 Å². The van der Waals surface area contributed by atoms with Crippen molar-refractivity contribution in [1.82, 2.24) is 30.9 Å². The van der Waals surface area contributed by atoms with E-state index in [4.69, 9.17) is 63.2 Å². The van der Waals surface area contributed by atoms with Gasteiger partial charge in [-0.1, -0.05) is 108 Å². The normalized spacial score (nSPS) is 15.6. The van der Waals surface area contributed by atoms with Crippen LogP contribution < -0.4 is 30.7 Å². The first-order chi connectivity index (χ1) is 64.5. The molecule has 3 aliphatic heterocycles. The zero-order valence-electron chi connectivity index (χ0n) is 71.4. The number of nitrogens with one attached hydrogen (secondary N) is 3. The Morgan fingerprint density at radius 2 is 0.763 bits per heavy atom. The molecule has 39 heteroatoms. The first-order valence-corrected chi connectivity index (χ1v) is 42.2. The van der Waals surface area contributed by atoms with Gasteiger partial charge in [0.25, 0.3) is 17.7 Å². The summed E-state index contributed by atoms with van der Waals surface area (Å²) in [6.07, 6.45) is -7.31. The molecule has 0 spiro atoms. The minimum atomic E-state index is -4.73. The van der Waals surface area contributed by atoms with E-state index in [-0.39, 0.29) is 57.4 Å². The molecule has 12 aromatic rings. The van der Waals surface area contributed by atoms with E-state index in [0.717, 1.165) is 55.4 Å². The van der Waals surface area contributed by atoms with Crippen molar-refractivity contribution in [3.8, 4) is 51.6 Å². The molecule has 0 bridgehead atoms. The number of hydrogen-bond acceptors (Lipinski definition) is 21. The molecule has 0 aliphatic carbocycles. The Morgan fingerprint density at radius 1 is 0.437 bits per heavy atom. The minimum Gasteiger partial charge on any atom is -0.467 e. The van der Waals surface area contributed by atoms with Crippen LogP contribution >= 0.6 is 34.8 Å². The van der Waals surface area contributed by atoms with Gasteiger partial charge in [0.2, 0.25) is 0 Å². The summed E-state index contributed by atoms with van der Waals surface area (Å²) < 4.78 is 201. The number of rotatable bonds is 21. The number of morpholine rings is 3. The number of amides is 3. The fourth-order valence-electron chi connectivity index (χ4n) is 15.8. The average molecular weight is 1920 g/mol. The van der Waals surface area contributed by atoms with Crippen molar-refractivity contribution < 1.29 is 110 Å². The van der Waals surface area contributed by atoms with Crippen LogP contribution in [0.3, 0.4) is 0 Å². The lowest BCUT2D eigenvalue weighted by Crippen LogP contribution is -2.53. The van der Waals surface area contributed by atoms with Gasteiger partial charge in [-0.25, -0.2) is 40.7 Å². The van der Waals surface area contributed by atoms with Crippen molar-refractivity contribution in [1.29, 1.82) is 15.8 Å². The third-order valence-electron chi connectivity index (χ3n) is 22.4. The number of benzene rings is 9. The lowest BCUT2D eigenvalue weighted by Gasteiger charge is -2.38. The monoisotopic (exact) mass is 1920 g/mol. The number of pyridine rings is 3. The molecule has 24 nitrogen and oxygen atoms in total. The SMILES string of the molecule is COC(=O)[C@H](Cc1ccc(-c2ccc(C#N)cc2Cl)c2ncccc12)NC(=O)c1c(F)cc(N2CCOC[C@H]2C(F)(F)F)cc1F.COC(=O)[C@H](Cc1ccc(-c2ccc(C#N)cc2Cl)c2ncccc12)NC(=O)c1c(F)cc(N2CCO[C@@H](C)C2)cc1F.COC(=O)[C@H](Cc1ccc(-c2ccc(C#N)cc2Cl)c2ncccc12)NC(=O)c1c(F)cc(N2CCO[C@H](C(F)(F)F)C2)cc1F. The summed E-state index contributed by atoms with van der Waals surface area (Å²) in [7, 11) is 3.33. The Balaban J connectivity index is 0.000000172. The molecule has 15 rings (SSSR count). The van der Waals surface area contributed by atoms with Crippen LogP contribution in [0, 0.1) is 68.9 Å². The molecule has 0 unspecified atom stereocenters. The topological polar surface area (TPSA) is 314 Å². The van der Waals surface area contributed by atoms with Crippen LogP contribution in [0.4, 0.5) is 69.7 Å². The third-order valence-corrected chi connectivity index (χ3v) is 23.3. The number of carbonyl (C=O) groups excluding carboxylic acids is 6. The molecule has 0 radical (unpaired) electrons. The molecule has 3 saturated heterocycles. The Morgan fingerprint density at radius 3 is 1.07 bits per heavy atom. The second-order valence-corrected chi connectivity index (χ2v) is 32.1. The van der Waals surface area contributed by atoms with Gasteiger partial charge in [0.15, 0.2) is 6.10 Å². The van der Waals surface area contributed by atoms with Crippen LogP contribution in [0.1, 0.15) is 71.4 Å². The van der Waals surface area contributed by atoms with Crippen molar-refractivity contribution >= 4 is 120 Å². The summed E-state index contributed by atoms with van der Waals surface area (Å²) in [4.78, 5) is 94.9. The van der Waals surface area contributed by atoms with Gasteiger partial charge in [-0.3, -0.25) is 29.3 Å². The number of carbonyl (C=O) groups is 6. The fourth-order valence-corrected chi connectivity index (χ4v) is 16.7. The van der Waals surface area contributed by atoms with E-state index in [9.17, 15) is 70.9 Å². The van der Waals surface area contributed by atoms with Crippen LogP contribution in [0.25, 0.3) is 66.1 Å². The van der Waals surface area contributed by atoms with Crippen LogP contribution in [-0.2, 0) is 62.1 Å². The lowest BCUT2D eigenvalue weighted by molar-refractivity contribution is -0.221. The maximum atomic E-state index is 15.2. The molecule has 696 valence electrons. The van der Waals surface area contributed by atoms with Gasteiger partial charge >= 0.3 is 30.3 Å². The van der Waals surface area contributed by atoms with Crippen molar-refractivity contribution in [3.05, 3.63) is 282 Å². The number of halogens is 15. The van der Waals surface area contributed by atoms with Crippen LogP contribution in [0.2, 0.25) is 15.1 Å². The second kappa shape index (κ2) is 42.8. The van der Waals surface area contributed by atoms with Crippen LogP contribution in [0.15, 0.2) is 182 Å². The first kappa shape index (κ1) is 98.3. The molecule has 3 amide bonds. The van der Waals surface area contributed by atoms with E-state index < -0.39 is 149 Å². The van der Waals surface area contributed by atoms with E-state index in [1.807, 2.05) is 19.1 Å². The lowest BCUT2D eigenvalue weighted by atomic mass is 9.94. The van der Waals surface area contributed by atoms with Gasteiger partial charge in [0.05, 0.1) is 112 Å². The maximum absolute atomic E-state index is 15.2. The van der Waals surface area contributed by atoms with Gasteiger partial charge in [0, 0.05) is 146 Å². The molecule has 6 heterocycles. The molecule has 0 saturated carbocycles. The smallest absolute Gasteiger partial charge is 0.416 e. The van der Waals surface area contributed by atoms with Gasteiger partial charge in [-0.15, -0.1) is 0 Å². The summed E-state index contributed by atoms with van der Waals surface area (Å²) >= 11 is 19.4. The van der Waals surface area contributed by atoms with E-state index >= 15 is 26.3 Å². The van der Waals surface area contributed by atoms with Crippen molar-refractivity contribution in [2.45, 2.75) is 74.9 Å². The summed E-state index contributed by atoms with van der Waals surface area (Å²) in [6, 6.07) is 40.1. The predicted octanol–water partition coefficient (Wildman–Crippen LogP) is 17.4. The van der Waals surface area contributed by atoms with Crippen molar-refractivity contribution in [3.63, 3.8) is 0 Å². The summed E-state index contributed by atoms with van der Waals surface area (Å²) in [5.74, 6) is -13.8. The highest BCUT2D eigenvalue weighted by molar-refractivity contribution is 6.35. The standard InChI is InChI=1S/2C32H24ClF5N4O4.C32H27ClF2N4O4/c1-45-31(44)26(12-18-5-7-22(29-20(18)3-2-8-40-29)21-6-4-17(15-39)11-23(21)33)41-30(43)28-24(34)13-19(14-25(28)35)42-9-10-46-16-27(42)32(36,37)38;1-45-31(44)26(12-18-5-7-22(29-20(18)3-2-8-40-29)21-6-4-17(15-39)11-23(21)33)41-30(43)28-24(34)13-19(14-25(28)35)42-9-10-46-27(16-42)32(36,37)38;1-18-17-39(10-11-43-18)21-14-26(34)29(27(35)15-21)31(40)38-28(32(41)42-2)13-20-6-8-24(30-22(20)4-3-9-37-30)23-7-5-19(16-36)12-25(23)33/h2*2-8,11,13-14,26-27H,9-10,12,16H2,1H3,(H,41,43);3-9,12,14-15,18,28H,10-11,13,17H2,1-2H3,(H,38,40)/t2*26-,27-;18-,28-/m000/s1. The second-order valence-electron chi connectivity index (χ2n) is 30.8. The van der Waals surface area contributed by atoms with E-state index in [1.165, 1.54) is 12.1 Å². The number of hydrogen-bond donors (Lipinski definition) is 3. The number of esters is 3. The van der Waals surface area contributed by atoms with E-state index in [1.54, 1.807) is 139 Å². The third kappa shape index (κ3) is 22.5. The fraction of sp³-hybridized carbons (Fsp3) is 0.250. The number of nitrogens with zero attached hydrogens (tertiary/aromatic N) is 9. The molecular formula is C96H75Cl3F12N12O12. The minimum absolute atomic E-state index is 0.0466. The van der Waals surface area contributed by atoms with E-state index in [2.05, 4.69) is 37.0 Å². The average Bonchev–Trinajstić information content (AvgIpc) is 0.777. The van der Waals surface area contributed by atoms with Crippen molar-refractivity contribution in [2.24, 2.45) is 0 Å². The molecule has 6 atom stereocenters. The zero-order chi connectivity index (χ0) is 97.0. The number of alkyl halides is 6. The van der Waals surface area contributed by atoms with Crippen LogP contribution in [-0.4, -0.2) is 180 Å². The molecule has 9 aromatic carbocycles. The highest BCUT2D eigenvalue weighted by atomic mass is 35.5. The first-order valence-electron chi connectivity index (χ1n) is 41.1.